The number of halogens is 1. The Morgan fingerprint density at radius 3 is 2.56 bits per heavy atom. The van der Waals surface area contributed by atoms with Crippen LogP contribution in [0.15, 0.2) is 42.7 Å². The van der Waals surface area contributed by atoms with E-state index in [1.807, 2.05) is 35.2 Å². The largest absolute Gasteiger partial charge is 0.346 e. The van der Waals surface area contributed by atoms with Crippen molar-refractivity contribution in [1.29, 1.82) is 0 Å². The van der Waals surface area contributed by atoms with Crippen LogP contribution in [0.5, 0.6) is 0 Å². The van der Waals surface area contributed by atoms with Crippen LogP contribution in [-0.2, 0) is 0 Å². The van der Waals surface area contributed by atoms with Crippen molar-refractivity contribution in [2.24, 2.45) is 0 Å². The van der Waals surface area contributed by atoms with Gasteiger partial charge in [-0.05, 0) is 48.4 Å². The van der Waals surface area contributed by atoms with Crippen molar-refractivity contribution in [3.8, 4) is 0 Å². The van der Waals surface area contributed by atoms with Crippen molar-refractivity contribution in [3.05, 3.63) is 65.2 Å². The second-order valence-corrected chi connectivity index (χ2v) is 7.60. The lowest BCUT2D eigenvalue weighted by molar-refractivity contribution is 0.0712. The van der Waals surface area contributed by atoms with Crippen molar-refractivity contribution in [2.75, 3.05) is 13.1 Å². The molecule has 1 saturated heterocycles. The van der Waals surface area contributed by atoms with Gasteiger partial charge in [0.2, 0.25) is 0 Å². The summed E-state index contributed by atoms with van der Waals surface area (Å²) in [7, 11) is 0. The van der Waals surface area contributed by atoms with Gasteiger partial charge in [0.25, 0.3) is 5.91 Å². The van der Waals surface area contributed by atoms with Gasteiger partial charge < -0.3 is 9.88 Å². The number of hydrogen-bond acceptors (Lipinski definition) is 2. The summed E-state index contributed by atoms with van der Waals surface area (Å²) in [5.41, 5.74) is 3.40. The first-order chi connectivity index (χ1) is 13.0. The maximum Gasteiger partial charge on any atom is 0.253 e. The number of aromatic nitrogens is 2. The number of pyridine rings is 1. The number of piperidine rings is 1. The average Bonchev–Trinajstić information content (AvgIpc) is 3.16. The maximum atomic E-state index is 14.4. The van der Waals surface area contributed by atoms with Crippen LogP contribution < -0.4 is 0 Å². The monoisotopic (exact) mass is 365 g/mol. The predicted octanol–water partition coefficient (Wildman–Crippen LogP) is 4.85. The number of hydrogen-bond donors (Lipinski definition) is 1. The smallest absolute Gasteiger partial charge is 0.253 e. The summed E-state index contributed by atoms with van der Waals surface area (Å²) in [6.45, 7) is 5.56. The minimum Gasteiger partial charge on any atom is -0.346 e. The quantitative estimate of drug-likeness (QED) is 0.722. The minimum atomic E-state index is -0.254. The Morgan fingerprint density at radius 1 is 1.19 bits per heavy atom. The molecule has 0 aliphatic carbocycles. The third-order valence-corrected chi connectivity index (χ3v) is 5.59. The Morgan fingerprint density at radius 2 is 1.89 bits per heavy atom. The van der Waals surface area contributed by atoms with Crippen LogP contribution >= 0.6 is 0 Å². The number of likely N-dealkylation sites (tertiary alicyclic amines) is 1. The number of nitrogens with one attached hydrogen (secondary N) is 1. The van der Waals surface area contributed by atoms with Crippen LogP contribution in [0.25, 0.3) is 11.0 Å². The Bertz CT molecular complexity index is 953. The van der Waals surface area contributed by atoms with E-state index in [0.717, 1.165) is 35.0 Å². The lowest BCUT2D eigenvalue weighted by atomic mass is 9.87. The van der Waals surface area contributed by atoms with Gasteiger partial charge in [0, 0.05) is 35.8 Å². The van der Waals surface area contributed by atoms with Crippen LogP contribution in [0, 0.1) is 5.82 Å². The van der Waals surface area contributed by atoms with Crippen LogP contribution in [0.3, 0.4) is 0 Å². The molecule has 1 aliphatic heterocycles. The van der Waals surface area contributed by atoms with E-state index in [1.54, 1.807) is 6.20 Å². The van der Waals surface area contributed by atoms with E-state index in [2.05, 4.69) is 23.8 Å². The van der Waals surface area contributed by atoms with E-state index >= 15 is 0 Å². The highest BCUT2D eigenvalue weighted by molar-refractivity contribution is 5.94. The van der Waals surface area contributed by atoms with Crippen LogP contribution in [0.1, 0.15) is 60.0 Å². The molecule has 2 aromatic heterocycles. The van der Waals surface area contributed by atoms with Gasteiger partial charge in [-0.3, -0.25) is 4.79 Å². The molecular weight excluding hydrogens is 341 g/mol. The summed E-state index contributed by atoms with van der Waals surface area (Å²) in [4.78, 5) is 21.8. The van der Waals surface area contributed by atoms with Crippen molar-refractivity contribution >= 4 is 16.9 Å². The summed E-state index contributed by atoms with van der Waals surface area (Å²) < 4.78 is 14.4. The average molecular weight is 365 g/mol. The number of rotatable bonds is 3. The standard InChI is InChI=1S/C22H24FN3O/c1-14(2)15-3-5-17(6-4-15)22(27)26-11-8-16(9-12-26)20-18-7-10-24-21(18)25-13-19(20)23/h3-7,10,13-14,16H,8-9,11-12H2,1-2H3,(H,24,25). The minimum absolute atomic E-state index is 0.0609. The number of nitrogens with zero attached hydrogens (tertiary/aromatic N) is 2. The molecule has 0 saturated carbocycles. The molecule has 0 spiro atoms. The normalized spacial score (nSPS) is 15.6. The third kappa shape index (κ3) is 3.34. The molecule has 0 unspecified atom stereocenters. The Balaban J connectivity index is 1.47. The van der Waals surface area contributed by atoms with Crippen LogP contribution in [0.2, 0.25) is 0 Å². The zero-order chi connectivity index (χ0) is 19.0. The highest BCUT2D eigenvalue weighted by Crippen LogP contribution is 2.34. The lowest BCUT2D eigenvalue weighted by Crippen LogP contribution is -2.38. The number of aromatic amines is 1. The Kier molecular flexibility index (Phi) is 4.68. The van der Waals surface area contributed by atoms with Gasteiger partial charge in [-0.15, -0.1) is 0 Å². The molecular formula is C22H24FN3O. The first-order valence-corrected chi connectivity index (χ1v) is 9.55. The molecule has 3 aromatic rings. The molecule has 1 aliphatic rings. The number of carbonyl (C=O) groups excluding carboxylic acids is 1. The molecule has 4 rings (SSSR count). The number of fused-ring (bicyclic) bond motifs is 1. The molecule has 4 nitrogen and oxygen atoms in total. The first-order valence-electron chi connectivity index (χ1n) is 9.55. The fraction of sp³-hybridized carbons (Fsp3) is 0.364. The van der Waals surface area contributed by atoms with E-state index in [9.17, 15) is 9.18 Å². The molecule has 1 fully saturated rings. The van der Waals surface area contributed by atoms with Crippen molar-refractivity contribution < 1.29 is 9.18 Å². The Labute approximate surface area is 158 Å². The van der Waals surface area contributed by atoms with Gasteiger partial charge in [0.1, 0.15) is 11.5 Å². The third-order valence-electron chi connectivity index (χ3n) is 5.59. The van der Waals surface area contributed by atoms with Gasteiger partial charge >= 0.3 is 0 Å². The van der Waals surface area contributed by atoms with Gasteiger partial charge in [0.15, 0.2) is 0 Å². The Hall–Kier alpha value is -2.69. The highest BCUT2D eigenvalue weighted by atomic mass is 19.1. The maximum absolute atomic E-state index is 14.4. The summed E-state index contributed by atoms with van der Waals surface area (Å²) in [6, 6.07) is 9.76. The van der Waals surface area contributed by atoms with E-state index < -0.39 is 0 Å². The zero-order valence-corrected chi connectivity index (χ0v) is 15.7. The van der Waals surface area contributed by atoms with Crippen molar-refractivity contribution in [3.63, 3.8) is 0 Å². The fourth-order valence-corrected chi connectivity index (χ4v) is 3.98. The number of carbonyl (C=O) groups is 1. The number of amides is 1. The molecule has 1 aromatic carbocycles. The number of H-pyrrole nitrogens is 1. The molecule has 0 bridgehead atoms. The molecule has 3 heterocycles. The van der Waals surface area contributed by atoms with Crippen molar-refractivity contribution in [1.82, 2.24) is 14.9 Å². The van der Waals surface area contributed by atoms with Crippen LogP contribution in [-0.4, -0.2) is 33.9 Å². The predicted molar refractivity (Wildman–Crippen MR) is 104 cm³/mol. The molecule has 5 heteroatoms. The molecule has 27 heavy (non-hydrogen) atoms. The second-order valence-electron chi connectivity index (χ2n) is 7.60. The highest BCUT2D eigenvalue weighted by Gasteiger charge is 2.27. The van der Waals surface area contributed by atoms with E-state index in [-0.39, 0.29) is 17.6 Å². The van der Waals surface area contributed by atoms with E-state index in [1.165, 1.54) is 11.8 Å². The lowest BCUT2D eigenvalue weighted by Gasteiger charge is -2.32. The van der Waals surface area contributed by atoms with Crippen LogP contribution in [0.4, 0.5) is 4.39 Å². The zero-order valence-electron chi connectivity index (χ0n) is 15.7. The summed E-state index contributed by atoms with van der Waals surface area (Å²) in [5.74, 6) is 0.367. The summed E-state index contributed by atoms with van der Waals surface area (Å²) in [5, 5.41) is 0.851. The molecule has 0 atom stereocenters. The van der Waals surface area contributed by atoms with Gasteiger partial charge in [-0.2, -0.15) is 0 Å². The molecule has 1 N–H and O–H groups in total. The van der Waals surface area contributed by atoms with E-state index in [4.69, 9.17) is 0 Å². The second kappa shape index (κ2) is 7.14. The molecule has 1 amide bonds. The summed E-state index contributed by atoms with van der Waals surface area (Å²) in [6.07, 6.45) is 4.61. The first kappa shape index (κ1) is 17.7. The summed E-state index contributed by atoms with van der Waals surface area (Å²) >= 11 is 0. The fourth-order valence-electron chi connectivity index (χ4n) is 3.98. The number of benzene rings is 1. The van der Waals surface area contributed by atoms with Crippen molar-refractivity contribution in [2.45, 2.75) is 38.5 Å². The molecule has 140 valence electrons. The van der Waals surface area contributed by atoms with Gasteiger partial charge in [-0.25, -0.2) is 9.37 Å². The molecule has 0 radical (unpaired) electrons. The van der Waals surface area contributed by atoms with E-state index in [0.29, 0.717) is 19.0 Å². The SMILES string of the molecule is CC(C)c1ccc(C(=O)N2CCC(c3c(F)cnc4[nH]ccc34)CC2)cc1. The topological polar surface area (TPSA) is 49.0 Å². The van der Waals surface area contributed by atoms with Gasteiger partial charge in [0.05, 0.1) is 6.20 Å². The van der Waals surface area contributed by atoms with Gasteiger partial charge in [-0.1, -0.05) is 26.0 Å².